The van der Waals surface area contributed by atoms with Crippen LogP contribution in [0.4, 0.5) is 0 Å². The van der Waals surface area contributed by atoms with E-state index in [9.17, 15) is 9.90 Å². The third-order valence-electron chi connectivity index (χ3n) is 3.06. The third-order valence-corrected chi connectivity index (χ3v) is 3.06. The quantitative estimate of drug-likeness (QED) is 0.672. The Kier molecular flexibility index (Phi) is 4.70. The highest BCUT2D eigenvalue weighted by atomic mass is 16.5. The molecule has 0 radical (unpaired) electrons. The minimum atomic E-state index is -0.676. The average Bonchev–Trinajstić information content (AvgIpc) is 2.17. The molecular formula is C11H22N2O3. The van der Waals surface area contributed by atoms with Crippen LogP contribution in [0, 0.1) is 5.92 Å². The van der Waals surface area contributed by atoms with Crippen LogP contribution in [-0.2, 0) is 9.53 Å². The Morgan fingerprint density at radius 2 is 2.12 bits per heavy atom. The van der Waals surface area contributed by atoms with Crippen molar-refractivity contribution in [3.05, 3.63) is 0 Å². The molecule has 1 atom stereocenters. The van der Waals surface area contributed by atoms with Crippen molar-refractivity contribution in [2.24, 2.45) is 11.7 Å². The second-order valence-corrected chi connectivity index (χ2v) is 4.84. The zero-order valence-electron chi connectivity index (χ0n) is 10.1. The summed E-state index contributed by atoms with van der Waals surface area (Å²) in [7, 11) is 1.90. The summed E-state index contributed by atoms with van der Waals surface area (Å²) in [4.78, 5) is 12.9. The number of nitrogens with zero attached hydrogens (tertiary/aromatic N) is 1. The van der Waals surface area contributed by atoms with Gasteiger partial charge in [0.25, 0.3) is 0 Å². The molecule has 0 bridgehead atoms. The van der Waals surface area contributed by atoms with E-state index in [1.807, 2.05) is 11.9 Å². The Morgan fingerprint density at radius 1 is 1.56 bits per heavy atom. The molecule has 0 spiro atoms. The largest absolute Gasteiger partial charge is 0.388 e. The summed E-state index contributed by atoms with van der Waals surface area (Å²) in [6.45, 7) is 4.16. The molecule has 3 N–H and O–H groups in total. The van der Waals surface area contributed by atoms with Crippen LogP contribution in [0.1, 0.15) is 19.8 Å². The number of hydrogen-bond donors (Lipinski definition) is 2. The SMILES string of the molecule is CC(CN(C)CC1(O)CCOCC1)C(N)=O. The summed E-state index contributed by atoms with van der Waals surface area (Å²) in [5.41, 5.74) is 4.53. The number of nitrogens with two attached hydrogens (primary N) is 1. The lowest BCUT2D eigenvalue weighted by atomic mass is 9.93. The standard InChI is InChI=1S/C11H22N2O3/c1-9(10(12)14)7-13(2)8-11(15)3-5-16-6-4-11/h9,15H,3-8H2,1-2H3,(H2,12,14). The smallest absolute Gasteiger partial charge is 0.221 e. The molecule has 5 nitrogen and oxygen atoms in total. The summed E-state index contributed by atoms with van der Waals surface area (Å²) < 4.78 is 5.21. The van der Waals surface area contributed by atoms with Gasteiger partial charge in [0.2, 0.25) is 5.91 Å². The van der Waals surface area contributed by atoms with Crippen molar-refractivity contribution >= 4 is 5.91 Å². The Morgan fingerprint density at radius 3 is 2.62 bits per heavy atom. The summed E-state index contributed by atoms with van der Waals surface area (Å²) >= 11 is 0. The molecule has 0 aromatic heterocycles. The number of carbonyl (C=O) groups is 1. The number of carbonyl (C=O) groups excluding carboxylic acids is 1. The normalized spacial score (nSPS) is 22.0. The van der Waals surface area contributed by atoms with Gasteiger partial charge in [0.1, 0.15) is 0 Å². The number of primary amides is 1. The fraction of sp³-hybridized carbons (Fsp3) is 0.909. The van der Waals surface area contributed by atoms with E-state index in [1.165, 1.54) is 0 Å². The van der Waals surface area contributed by atoms with E-state index in [4.69, 9.17) is 10.5 Å². The minimum absolute atomic E-state index is 0.187. The van der Waals surface area contributed by atoms with Gasteiger partial charge < -0.3 is 20.5 Å². The van der Waals surface area contributed by atoms with Crippen molar-refractivity contribution < 1.29 is 14.6 Å². The van der Waals surface area contributed by atoms with Crippen LogP contribution in [-0.4, -0.2) is 54.9 Å². The minimum Gasteiger partial charge on any atom is -0.388 e. The van der Waals surface area contributed by atoms with Gasteiger partial charge in [-0.3, -0.25) is 4.79 Å². The molecule has 1 rings (SSSR count). The van der Waals surface area contributed by atoms with Gasteiger partial charge in [-0.05, 0) is 7.05 Å². The Balaban J connectivity index is 2.37. The van der Waals surface area contributed by atoms with Gasteiger partial charge in [-0.2, -0.15) is 0 Å². The van der Waals surface area contributed by atoms with Gasteiger partial charge >= 0.3 is 0 Å². The van der Waals surface area contributed by atoms with Crippen LogP contribution in [0.2, 0.25) is 0 Å². The van der Waals surface area contributed by atoms with Gasteiger partial charge in [-0.15, -0.1) is 0 Å². The Bertz CT molecular complexity index is 239. The lowest BCUT2D eigenvalue weighted by Gasteiger charge is -2.35. The number of likely N-dealkylation sites (N-methyl/N-ethyl adjacent to an activating group) is 1. The number of rotatable bonds is 5. The summed E-state index contributed by atoms with van der Waals surface area (Å²) in [6.07, 6.45) is 1.31. The van der Waals surface area contributed by atoms with Crippen LogP contribution >= 0.6 is 0 Å². The zero-order valence-corrected chi connectivity index (χ0v) is 10.1. The highest BCUT2D eigenvalue weighted by molar-refractivity contribution is 5.76. The molecule has 16 heavy (non-hydrogen) atoms. The summed E-state index contributed by atoms with van der Waals surface area (Å²) in [5, 5.41) is 10.3. The predicted molar refractivity (Wildman–Crippen MR) is 60.9 cm³/mol. The molecule has 1 saturated heterocycles. The topological polar surface area (TPSA) is 75.8 Å². The van der Waals surface area contributed by atoms with Crippen molar-refractivity contribution in [2.75, 3.05) is 33.4 Å². The first-order chi connectivity index (χ1) is 7.43. The molecule has 0 aliphatic carbocycles. The molecule has 1 heterocycles. The second kappa shape index (κ2) is 5.61. The molecule has 0 aromatic rings. The van der Waals surface area contributed by atoms with Gasteiger partial charge in [0.05, 0.1) is 5.60 Å². The monoisotopic (exact) mass is 230 g/mol. The number of hydrogen-bond acceptors (Lipinski definition) is 4. The van der Waals surface area contributed by atoms with Crippen molar-refractivity contribution in [3.63, 3.8) is 0 Å². The van der Waals surface area contributed by atoms with Crippen molar-refractivity contribution in [1.29, 1.82) is 0 Å². The van der Waals surface area contributed by atoms with Crippen molar-refractivity contribution in [2.45, 2.75) is 25.4 Å². The lowest BCUT2D eigenvalue weighted by molar-refractivity contribution is -0.122. The molecule has 1 aliphatic heterocycles. The maximum absolute atomic E-state index is 10.9. The number of amides is 1. The lowest BCUT2D eigenvalue weighted by Crippen LogP contribution is -2.47. The van der Waals surface area contributed by atoms with Gasteiger partial charge in [-0.25, -0.2) is 0 Å². The van der Waals surface area contributed by atoms with E-state index in [1.54, 1.807) is 6.92 Å². The van der Waals surface area contributed by atoms with Crippen LogP contribution in [0.3, 0.4) is 0 Å². The average molecular weight is 230 g/mol. The molecule has 1 aliphatic rings. The third kappa shape index (κ3) is 4.08. The molecule has 1 fully saturated rings. The fourth-order valence-electron chi connectivity index (χ4n) is 2.03. The van der Waals surface area contributed by atoms with E-state index in [0.717, 1.165) is 0 Å². The first kappa shape index (κ1) is 13.4. The molecule has 0 aromatic carbocycles. The molecule has 1 amide bonds. The second-order valence-electron chi connectivity index (χ2n) is 4.84. The number of aliphatic hydroxyl groups is 1. The molecule has 0 saturated carbocycles. The summed E-state index contributed by atoms with van der Waals surface area (Å²) in [5.74, 6) is -0.487. The molecular weight excluding hydrogens is 208 g/mol. The van der Waals surface area contributed by atoms with Crippen molar-refractivity contribution in [3.8, 4) is 0 Å². The van der Waals surface area contributed by atoms with E-state index in [-0.39, 0.29) is 11.8 Å². The van der Waals surface area contributed by atoms with Crippen molar-refractivity contribution in [1.82, 2.24) is 4.90 Å². The van der Waals surface area contributed by atoms with E-state index < -0.39 is 5.60 Å². The predicted octanol–water partition coefficient (Wildman–Crippen LogP) is -0.419. The Labute approximate surface area is 96.6 Å². The summed E-state index contributed by atoms with van der Waals surface area (Å²) in [6, 6.07) is 0. The van der Waals surface area contributed by atoms with Gasteiger partial charge in [-0.1, -0.05) is 6.92 Å². The maximum atomic E-state index is 10.9. The van der Waals surface area contributed by atoms with E-state index >= 15 is 0 Å². The Hall–Kier alpha value is -0.650. The molecule has 1 unspecified atom stereocenters. The molecule has 94 valence electrons. The first-order valence-electron chi connectivity index (χ1n) is 5.71. The maximum Gasteiger partial charge on any atom is 0.221 e. The van der Waals surface area contributed by atoms with E-state index in [2.05, 4.69) is 0 Å². The molecule has 5 heteroatoms. The highest BCUT2D eigenvalue weighted by Gasteiger charge is 2.31. The highest BCUT2D eigenvalue weighted by Crippen LogP contribution is 2.21. The van der Waals surface area contributed by atoms with E-state index in [0.29, 0.717) is 39.1 Å². The fourth-order valence-corrected chi connectivity index (χ4v) is 2.03. The van der Waals surface area contributed by atoms with Crippen LogP contribution < -0.4 is 5.73 Å². The first-order valence-corrected chi connectivity index (χ1v) is 5.71. The van der Waals surface area contributed by atoms with Crippen LogP contribution in [0.15, 0.2) is 0 Å². The van der Waals surface area contributed by atoms with Crippen LogP contribution in [0.25, 0.3) is 0 Å². The van der Waals surface area contributed by atoms with Gasteiger partial charge in [0, 0.05) is 45.1 Å². The van der Waals surface area contributed by atoms with Gasteiger partial charge in [0.15, 0.2) is 0 Å². The zero-order chi connectivity index (χ0) is 12.2. The number of ether oxygens (including phenoxy) is 1. The van der Waals surface area contributed by atoms with Crippen LogP contribution in [0.5, 0.6) is 0 Å².